The van der Waals surface area contributed by atoms with E-state index in [2.05, 4.69) is 23.4 Å². The van der Waals surface area contributed by atoms with Crippen LogP contribution in [-0.2, 0) is 31.9 Å². The maximum atomic E-state index is 10.6. The minimum absolute atomic E-state index is 0. The molecule has 3 aromatic heterocycles. The van der Waals surface area contributed by atoms with Crippen LogP contribution in [0.3, 0.4) is 0 Å². The van der Waals surface area contributed by atoms with Crippen molar-refractivity contribution in [3.8, 4) is 95.5 Å². The Morgan fingerprint density at radius 1 is 0.512 bits per heavy atom. The van der Waals surface area contributed by atoms with Gasteiger partial charge in [0.15, 0.2) is 0 Å². The van der Waals surface area contributed by atoms with Gasteiger partial charge in [0.25, 0.3) is 6.33 Å². The molecule has 0 fully saturated rings. The van der Waals surface area contributed by atoms with Gasteiger partial charge in [-0.2, -0.15) is 18.2 Å². The summed E-state index contributed by atoms with van der Waals surface area (Å²) in [7, 11) is 0. The Kier molecular flexibility index (Phi) is 6.45. The summed E-state index contributed by atoms with van der Waals surface area (Å²) in [5.41, 5.74) is -21.3. The molecule has 5 nitrogen and oxygen atoms in total. The van der Waals surface area contributed by atoms with Gasteiger partial charge >= 0.3 is 0 Å². The maximum absolute atomic E-state index is 10.6. The van der Waals surface area contributed by atoms with Crippen molar-refractivity contribution < 1.29 is 86.6 Å². The minimum atomic E-state index is -4.12. The van der Waals surface area contributed by atoms with Crippen LogP contribution in [0, 0.1) is 25.3 Å². The van der Waals surface area contributed by atoms with Crippen molar-refractivity contribution >= 4 is 32.8 Å². The first-order valence-electron chi connectivity index (χ1n) is 46.4. The summed E-state index contributed by atoms with van der Waals surface area (Å²) in [5, 5.41) is 1.12. The van der Waals surface area contributed by atoms with Crippen LogP contribution in [0.2, 0.25) is 0 Å². The molecule has 0 saturated heterocycles. The second kappa shape index (κ2) is 21.7. The molecule has 0 saturated carbocycles. The van der Waals surface area contributed by atoms with Crippen LogP contribution in [-0.4, -0.2) is 14.1 Å². The monoisotopic (exact) mass is 1330 g/mol. The Morgan fingerprint density at radius 2 is 1.12 bits per heavy atom. The van der Waals surface area contributed by atoms with E-state index >= 15 is 0 Å². The van der Waals surface area contributed by atoms with Gasteiger partial charge in [-0.15, -0.1) is 29.7 Å². The third-order valence-electron chi connectivity index (χ3n) is 14.3. The smallest absolute Gasteiger partial charge is 0.268 e. The van der Waals surface area contributed by atoms with Crippen molar-refractivity contribution in [3.63, 3.8) is 0 Å². The number of hydrogen-bond acceptors (Lipinski definition) is 2. The van der Waals surface area contributed by atoms with Crippen molar-refractivity contribution in [2.75, 3.05) is 0 Å². The van der Waals surface area contributed by atoms with E-state index in [1.807, 2.05) is 0 Å². The van der Waals surface area contributed by atoms with E-state index in [9.17, 15) is 24.7 Å². The number of hydrogen-bond donors (Lipinski definition) is 0. The molecule has 0 aliphatic heterocycles. The van der Waals surface area contributed by atoms with Gasteiger partial charge in [-0.25, -0.2) is 4.98 Å². The molecule has 3 heterocycles. The summed E-state index contributed by atoms with van der Waals surface area (Å²) in [6, 6.07) is 1.84. The summed E-state index contributed by atoms with van der Waals surface area (Å²) < 4.78 is 387. The molecule has 14 aromatic rings. The summed E-state index contributed by atoms with van der Waals surface area (Å²) in [6.45, 7) is -19.3. The van der Waals surface area contributed by atoms with Crippen molar-refractivity contribution in [2.45, 2.75) is 51.5 Å². The molecule has 0 spiro atoms. The first-order valence-corrected chi connectivity index (χ1v) is 25.9. The summed E-state index contributed by atoms with van der Waals surface area (Å²) in [6.07, 6.45) is 2.34. The fourth-order valence-electron chi connectivity index (χ4n) is 10.6. The molecule has 1 aliphatic carbocycles. The van der Waals surface area contributed by atoms with Crippen LogP contribution in [0.1, 0.15) is 107 Å². The largest absolute Gasteiger partial charge is 0.510 e. The van der Waals surface area contributed by atoms with E-state index in [0.717, 1.165) is 22.9 Å². The topological polar surface area (TPSA) is 35.9 Å². The van der Waals surface area contributed by atoms with Crippen LogP contribution in [0.15, 0.2) is 260 Å². The van der Waals surface area contributed by atoms with E-state index < -0.39 is 292 Å². The maximum Gasteiger partial charge on any atom is 0.268 e. The number of aryl methyl sites for hydroxylation is 1. The summed E-state index contributed by atoms with van der Waals surface area (Å²) >= 11 is 0. The minimum Gasteiger partial charge on any atom is -0.510 e. The van der Waals surface area contributed by atoms with Gasteiger partial charge in [0.1, 0.15) is 5.82 Å². The second-order valence-electron chi connectivity index (χ2n) is 19.7. The van der Waals surface area contributed by atoms with E-state index in [1.54, 1.807) is 34.9 Å². The zero-order valence-electron chi connectivity index (χ0n) is 85.0. The Labute approximate surface area is 575 Å². The standard InChI is InChI=1S/C80H60N4O.Pt/c1-53-41-77(81-50-70(53)57-29-16-9-17-30-57)84-73-34-19-18-33-66(73)67-39-38-65(49-76(67)84)85-64-32-22-31-63(48-64)82-52-83(75-36-21-20-35-74(75)82)78-68(58-37-40-71-72(47-58)80(4,5)51-79(71,2)3)45-61(56-27-14-8-15-28-56)46-69(78)62-43-59(54-23-10-6-11-24-54)42-60(44-62)55-25-12-7-13-26-55;/h6-47,50H,51H2,1-5H3;/q-2;/i1D3,2D3,3D3,4D3,5D3,6D,7D,8D,9D,10D,11D,12D,13D,14D,15D,16D,17D,23D,24D,25D,26D,27D,28D,29D,30D,37D,40D,42D,43D,44D,47D;. The third-order valence-corrected chi connectivity index (χ3v) is 14.3. The Hall–Kier alpha value is -9.67. The third kappa shape index (κ3) is 9.67. The number of rotatable bonds is 11. The van der Waals surface area contributed by atoms with Crippen LogP contribution in [0.4, 0.5) is 0 Å². The fraction of sp³-hybridized carbons (Fsp3) is 0.100. The van der Waals surface area contributed by atoms with Crippen molar-refractivity contribution in [2.24, 2.45) is 0 Å². The molecule has 0 atom stereocenters. The van der Waals surface area contributed by atoms with Gasteiger partial charge in [-0.05, 0) is 155 Å². The molecule has 0 bridgehead atoms. The quantitative estimate of drug-likeness (QED) is 0.0956. The fourth-order valence-corrected chi connectivity index (χ4v) is 10.6. The van der Waals surface area contributed by atoms with E-state index in [1.165, 1.54) is 59.2 Å². The van der Waals surface area contributed by atoms with Crippen LogP contribution in [0.25, 0.3) is 117 Å². The van der Waals surface area contributed by atoms with Gasteiger partial charge in [-0.3, -0.25) is 4.57 Å². The molecule has 0 amide bonds. The zero-order chi connectivity index (χ0) is 92.5. The van der Waals surface area contributed by atoms with Crippen molar-refractivity contribution in [3.05, 3.63) is 296 Å². The molecule has 86 heavy (non-hydrogen) atoms. The number of aromatic nitrogens is 4. The Bertz CT molecular complexity index is 6880. The van der Waals surface area contributed by atoms with E-state index in [-0.39, 0.29) is 66.2 Å². The van der Waals surface area contributed by atoms with Gasteiger partial charge < -0.3 is 13.9 Å². The first kappa shape index (κ1) is 25.5. The van der Waals surface area contributed by atoms with Crippen molar-refractivity contribution in [1.29, 1.82) is 0 Å². The van der Waals surface area contributed by atoms with E-state index in [0.29, 0.717) is 16.3 Å². The molecule has 0 radical (unpaired) electrons. The van der Waals surface area contributed by atoms with Gasteiger partial charge in [0.05, 0.1) is 52.4 Å². The second-order valence-corrected chi connectivity index (χ2v) is 19.7. The average Bonchev–Trinajstić information content (AvgIpc) is 1.49. The number of benzene rings is 11. The number of nitrogens with zero attached hydrogens (tertiary/aromatic N) is 4. The number of fused-ring (bicyclic) bond motifs is 5. The van der Waals surface area contributed by atoms with Gasteiger partial charge in [-0.1, -0.05) is 214 Å². The van der Waals surface area contributed by atoms with Crippen LogP contribution < -0.4 is 9.30 Å². The normalized spacial score (nSPS) is 20.8. The molecular weight excluding hydrogens is 1230 g/mol. The zero-order valence-corrected chi connectivity index (χ0v) is 46.3. The molecule has 15 rings (SSSR count). The Morgan fingerprint density at radius 3 is 1.80 bits per heavy atom. The summed E-state index contributed by atoms with van der Waals surface area (Å²) in [5.74, 6) is -0.199. The van der Waals surface area contributed by atoms with E-state index in [4.69, 9.17) is 36.3 Å². The van der Waals surface area contributed by atoms with Gasteiger partial charge in [0.2, 0.25) is 0 Å². The SMILES string of the molecule is [2H]c1c([2H])c([2H])c(-c2cc(-c3c([2H])c(-c4c([2H])c([2H])c([2H])c([2H])c4[2H])c([2H])c(-c4c([2H])c([2H])c([2H])c([2H])c4[2H])c3[2H])c(-[n+]3[c-]n(-c4[c-]c(Oc5[c-]c6c(cc5)c5ccccc5n6-c5cc(C([2H])([2H])[2H])c(-c6c([2H])c([2H])c([2H])c([2H])c6[2H])cn5)ccc4)c4ccccc43)c(-c3c([2H])c([2H])c4c(c3[2H])C(C([2H])([2H])[2H])(C([2H])([2H])[2H])CC4(C([2H])([2H])[2H])C([2H])([2H])[2H])c2)c([2H])c1[2H].[Pt]. The van der Waals surface area contributed by atoms with Crippen LogP contribution >= 0.6 is 0 Å². The van der Waals surface area contributed by atoms with Crippen molar-refractivity contribution in [1.82, 2.24) is 14.1 Å². The Balaban J connectivity index is 0.0000131. The van der Waals surface area contributed by atoms with Gasteiger partial charge in [0, 0.05) is 70.4 Å². The molecule has 0 N–H and O–H groups in total. The average molecular weight is 1330 g/mol. The molecule has 11 aromatic carbocycles. The van der Waals surface area contributed by atoms with Crippen LogP contribution in [0.5, 0.6) is 11.5 Å². The summed E-state index contributed by atoms with van der Waals surface area (Å²) in [4.78, 5) is 4.64. The molecule has 0 unspecified atom stereocenters. The molecule has 418 valence electrons. The molecular formula is C80H60N4OPt-2. The number of ether oxygens (including phenoxy) is 1. The number of para-hydroxylation sites is 3. The number of pyridine rings is 1. The predicted molar refractivity (Wildman–Crippen MR) is 348 cm³/mol. The predicted octanol–water partition coefficient (Wildman–Crippen LogP) is 19.9. The number of imidazole rings is 1. The first-order chi connectivity index (χ1) is 58.5. The molecule has 6 heteroatoms. The molecule has 1 aliphatic rings.